The predicted octanol–water partition coefficient (Wildman–Crippen LogP) is 1.19. The first-order chi connectivity index (χ1) is 8.66. The van der Waals surface area contributed by atoms with Gasteiger partial charge in [0.2, 0.25) is 0 Å². The number of hydrogen-bond donors (Lipinski definition) is 1. The number of aromatic nitrogens is 3. The molecule has 2 N–H and O–H groups in total. The van der Waals surface area contributed by atoms with Gasteiger partial charge >= 0.3 is 0 Å². The first-order valence-corrected chi connectivity index (χ1v) is 5.40. The van der Waals surface area contributed by atoms with E-state index in [1.54, 1.807) is 30.1 Å². The molecule has 1 aliphatic rings. The van der Waals surface area contributed by atoms with Crippen LogP contribution in [0.25, 0.3) is 0 Å². The Hall–Kier alpha value is -2.44. The van der Waals surface area contributed by atoms with Crippen LogP contribution in [-0.4, -0.2) is 14.9 Å². The third-order valence-electron chi connectivity index (χ3n) is 2.64. The van der Waals surface area contributed by atoms with Crippen LogP contribution < -0.4 is 5.73 Å². The lowest BCUT2D eigenvalue weighted by atomic mass is 10.2. The summed E-state index contributed by atoms with van der Waals surface area (Å²) in [6, 6.07) is 1.77. The van der Waals surface area contributed by atoms with Gasteiger partial charge in [0.25, 0.3) is 5.79 Å². The van der Waals surface area contributed by atoms with E-state index in [1.807, 2.05) is 0 Å². The van der Waals surface area contributed by atoms with Crippen molar-refractivity contribution < 1.29 is 14.0 Å². The molecule has 0 aliphatic carbocycles. The van der Waals surface area contributed by atoms with Crippen LogP contribution in [0.1, 0.15) is 18.4 Å². The molecule has 18 heavy (non-hydrogen) atoms. The highest BCUT2D eigenvalue weighted by atomic mass is 16.7. The molecule has 2 aromatic rings. The normalized spacial score (nSPS) is 16.5. The van der Waals surface area contributed by atoms with Crippen molar-refractivity contribution in [1.82, 2.24) is 14.9 Å². The largest absolute Gasteiger partial charge is 0.451 e. The van der Waals surface area contributed by atoms with Gasteiger partial charge in [0, 0.05) is 19.2 Å². The van der Waals surface area contributed by atoms with Gasteiger partial charge in [-0.1, -0.05) is 5.16 Å². The molecule has 2 aromatic heterocycles. The zero-order valence-corrected chi connectivity index (χ0v) is 9.74. The van der Waals surface area contributed by atoms with Crippen LogP contribution in [0, 0.1) is 0 Å². The maximum atomic E-state index is 5.58. The van der Waals surface area contributed by atoms with E-state index in [0.29, 0.717) is 23.7 Å². The van der Waals surface area contributed by atoms with Crippen LogP contribution in [0.3, 0.4) is 0 Å². The van der Waals surface area contributed by atoms with Gasteiger partial charge in [-0.15, -0.1) is 0 Å². The average Bonchev–Trinajstić information content (AvgIpc) is 3.02. The van der Waals surface area contributed by atoms with Crippen molar-refractivity contribution in [2.45, 2.75) is 19.3 Å². The minimum absolute atomic E-state index is 0.452. The van der Waals surface area contributed by atoms with Crippen molar-refractivity contribution in [2.75, 3.05) is 5.73 Å². The molecule has 3 rings (SSSR count). The standard InChI is InChI=1S/C11H12N4O3/c1-11(16-2-3-17-11)10-4-9(18-14-10)7-15-6-8(12)5-13-15/h2-6H,7,12H2,1H3. The van der Waals surface area contributed by atoms with E-state index < -0.39 is 5.79 Å². The number of ether oxygens (including phenoxy) is 2. The number of anilines is 1. The summed E-state index contributed by atoms with van der Waals surface area (Å²) in [5, 5.41) is 8.00. The van der Waals surface area contributed by atoms with Crippen LogP contribution in [0.5, 0.6) is 0 Å². The fourth-order valence-corrected chi connectivity index (χ4v) is 1.69. The van der Waals surface area contributed by atoms with Crippen molar-refractivity contribution in [3.8, 4) is 0 Å². The summed E-state index contributed by atoms with van der Waals surface area (Å²) in [5.74, 6) is -0.265. The molecule has 0 radical (unpaired) electrons. The summed E-state index contributed by atoms with van der Waals surface area (Å²) in [6.07, 6.45) is 6.24. The smallest absolute Gasteiger partial charge is 0.294 e. The molecule has 7 nitrogen and oxygen atoms in total. The van der Waals surface area contributed by atoms with Gasteiger partial charge in [-0.2, -0.15) is 5.10 Å². The SMILES string of the molecule is CC1(c2cc(Cn3cc(N)cn3)on2)OC=CO1. The molecule has 1 aliphatic heterocycles. The molecule has 7 heteroatoms. The van der Waals surface area contributed by atoms with Crippen molar-refractivity contribution in [2.24, 2.45) is 0 Å². The van der Waals surface area contributed by atoms with Crippen molar-refractivity contribution in [3.05, 3.63) is 42.4 Å². The van der Waals surface area contributed by atoms with Gasteiger partial charge in [-0.3, -0.25) is 4.68 Å². The molecule has 0 bridgehead atoms. The number of rotatable bonds is 3. The summed E-state index contributed by atoms with van der Waals surface area (Å²) in [6.45, 7) is 2.22. The second-order valence-electron chi connectivity index (χ2n) is 4.10. The van der Waals surface area contributed by atoms with E-state index in [9.17, 15) is 0 Å². The van der Waals surface area contributed by atoms with E-state index in [1.165, 1.54) is 12.5 Å². The average molecular weight is 248 g/mol. The molecule has 0 fully saturated rings. The highest BCUT2D eigenvalue weighted by Crippen LogP contribution is 2.30. The molecule has 0 atom stereocenters. The van der Waals surface area contributed by atoms with Gasteiger partial charge in [0.05, 0.1) is 11.9 Å². The Morgan fingerprint density at radius 3 is 2.83 bits per heavy atom. The summed E-state index contributed by atoms with van der Waals surface area (Å²) in [5.41, 5.74) is 6.76. The molecular formula is C11H12N4O3. The third kappa shape index (κ3) is 1.79. The van der Waals surface area contributed by atoms with Gasteiger partial charge < -0.3 is 19.7 Å². The first-order valence-electron chi connectivity index (χ1n) is 5.40. The summed E-state index contributed by atoms with van der Waals surface area (Å²) < 4.78 is 17.5. The molecule has 0 aromatic carbocycles. The Kier molecular flexibility index (Phi) is 2.26. The van der Waals surface area contributed by atoms with E-state index in [4.69, 9.17) is 19.7 Å². The minimum atomic E-state index is -0.912. The number of nitrogens with zero attached hydrogens (tertiary/aromatic N) is 3. The molecular weight excluding hydrogens is 236 g/mol. The summed E-state index contributed by atoms with van der Waals surface area (Å²) >= 11 is 0. The molecule has 94 valence electrons. The maximum absolute atomic E-state index is 5.58. The molecule has 0 saturated carbocycles. The van der Waals surface area contributed by atoms with Gasteiger partial charge in [-0.05, 0) is 0 Å². The van der Waals surface area contributed by atoms with E-state index in [0.717, 1.165) is 0 Å². The third-order valence-corrected chi connectivity index (χ3v) is 2.64. The monoisotopic (exact) mass is 248 g/mol. The van der Waals surface area contributed by atoms with Gasteiger partial charge in [0.1, 0.15) is 19.1 Å². The first kappa shape index (κ1) is 10.7. The highest BCUT2D eigenvalue weighted by Gasteiger charge is 2.35. The Bertz CT molecular complexity index is 579. The Morgan fingerprint density at radius 1 is 1.39 bits per heavy atom. The molecule has 3 heterocycles. The van der Waals surface area contributed by atoms with Crippen LogP contribution >= 0.6 is 0 Å². The lowest BCUT2D eigenvalue weighted by molar-refractivity contribution is -0.137. The van der Waals surface area contributed by atoms with E-state index in [-0.39, 0.29) is 0 Å². The fraction of sp³-hybridized carbons (Fsp3) is 0.273. The summed E-state index contributed by atoms with van der Waals surface area (Å²) in [7, 11) is 0. The predicted molar refractivity (Wildman–Crippen MR) is 60.9 cm³/mol. The zero-order valence-electron chi connectivity index (χ0n) is 9.74. The number of nitrogens with two attached hydrogens (primary N) is 1. The van der Waals surface area contributed by atoms with Crippen LogP contribution in [0.4, 0.5) is 5.69 Å². The Balaban J connectivity index is 1.77. The van der Waals surface area contributed by atoms with Crippen LogP contribution in [0.15, 0.2) is 35.5 Å². The van der Waals surface area contributed by atoms with E-state index in [2.05, 4.69) is 10.3 Å². The lowest BCUT2D eigenvalue weighted by Gasteiger charge is -2.19. The van der Waals surface area contributed by atoms with Crippen LogP contribution in [-0.2, 0) is 21.8 Å². The van der Waals surface area contributed by atoms with Gasteiger partial charge in [-0.25, -0.2) is 0 Å². The second kappa shape index (κ2) is 3.80. The molecule has 0 spiro atoms. The lowest BCUT2D eigenvalue weighted by Crippen LogP contribution is -2.22. The van der Waals surface area contributed by atoms with Crippen molar-refractivity contribution in [3.63, 3.8) is 0 Å². The quantitative estimate of drug-likeness (QED) is 0.877. The summed E-state index contributed by atoms with van der Waals surface area (Å²) in [4.78, 5) is 0. The molecule has 0 unspecified atom stereocenters. The van der Waals surface area contributed by atoms with E-state index >= 15 is 0 Å². The maximum Gasteiger partial charge on any atom is 0.294 e. The number of nitrogen functional groups attached to an aromatic ring is 1. The number of hydrogen-bond acceptors (Lipinski definition) is 6. The fourth-order valence-electron chi connectivity index (χ4n) is 1.69. The van der Waals surface area contributed by atoms with Crippen molar-refractivity contribution >= 4 is 5.69 Å². The van der Waals surface area contributed by atoms with Gasteiger partial charge in [0.15, 0.2) is 11.5 Å². The second-order valence-corrected chi connectivity index (χ2v) is 4.10. The molecule has 0 saturated heterocycles. The zero-order chi connectivity index (χ0) is 12.6. The molecule has 0 amide bonds. The highest BCUT2D eigenvalue weighted by molar-refractivity contribution is 5.30. The topological polar surface area (TPSA) is 88.3 Å². The Labute approximate surface area is 103 Å². The Morgan fingerprint density at radius 2 is 2.17 bits per heavy atom. The van der Waals surface area contributed by atoms with Crippen LogP contribution in [0.2, 0.25) is 0 Å². The minimum Gasteiger partial charge on any atom is -0.451 e. The van der Waals surface area contributed by atoms with Crippen molar-refractivity contribution in [1.29, 1.82) is 0 Å².